The average molecular weight is 342 g/mol. The lowest BCUT2D eigenvalue weighted by Gasteiger charge is -2.16. The molecule has 0 unspecified atom stereocenters. The van der Waals surface area contributed by atoms with Crippen molar-refractivity contribution in [1.82, 2.24) is 0 Å². The summed E-state index contributed by atoms with van der Waals surface area (Å²) in [4.78, 5) is 0. The largest absolute Gasteiger partial charge is 1.00 e. The van der Waals surface area contributed by atoms with Crippen LogP contribution in [0, 0.1) is 0 Å². The van der Waals surface area contributed by atoms with E-state index < -0.39 is 0 Å². The number of aromatic nitrogens is 1. The summed E-state index contributed by atoms with van der Waals surface area (Å²) < 4.78 is 7.73. The molecule has 1 aliphatic rings. The van der Waals surface area contributed by atoms with Gasteiger partial charge < -0.3 is 21.7 Å². The highest BCUT2D eigenvalue weighted by Crippen LogP contribution is 2.28. The van der Waals surface area contributed by atoms with Gasteiger partial charge in [0.05, 0.1) is 12.5 Å². The topological polar surface area (TPSA) is 13.1 Å². The van der Waals surface area contributed by atoms with E-state index in [-0.39, 0.29) is 17.0 Å². The van der Waals surface area contributed by atoms with Crippen molar-refractivity contribution in [2.45, 2.75) is 13.0 Å². The molecule has 3 heteroatoms. The van der Waals surface area contributed by atoms with Crippen LogP contribution < -0.4 is 26.3 Å². The maximum Gasteiger partial charge on any atom is 0.213 e. The van der Waals surface area contributed by atoms with Gasteiger partial charge in [-0.2, -0.15) is 4.57 Å². The second-order valence-corrected chi connectivity index (χ2v) is 5.20. The second-order valence-electron chi connectivity index (χ2n) is 5.20. The summed E-state index contributed by atoms with van der Waals surface area (Å²) in [6.07, 6.45) is 1.10. The van der Waals surface area contributed by atoms with Gasteiger partial charge in [-0.15, -0.1) is 0 Å². The first-order valence-corrected chi connectivity index (χ1v) is 6.96. The van der Waals surface area contributed by atoms with Crippen LogP contribution in [0.3, 0.4) is 0 Å². The summed E-state index contributed by atoms with van der Waals surface area (Å²) in [5.74, 6) is 0.911. The molecule has 0 saturated heterocycles. The minimum absolute atomic E-state index is 0. The molecular formula is C18H16BrNO. The average Bonchev–Trinajstić information content (AvgIpc) is 2.53. The van der Waals surface area contributed by atoms with Crippen LogP contribution in [0.15, 0.2) is 54.6 Å². The zero-order valence-electron chi connectivity index (χ0n) is 11.8. The summed E-state index contributed by atoms with van der Waals surface area (Å²) in [6, 6.07) is 19.4. The smallest absolute Gasteiger partial charge is 0.213 e. The van der Waals surface area contributed by atoms with E-state index in [9.17, 15) is 0 Å². The lowest BCUT2D eigenvalue weighted by atomic mass is 9.96. The van der Waals surface area contributed by atoms with Crippen LogP contribution in [0.4, 0.5) is 0 Å². The fourth-order valence-electron chi connectivity index (χ4n) is 3.12. The third-order valence-electron chi connectivity index (χ3n) is 4.14. The van der Waals surface area contributed by atoms with E-state index in [0.29, 0.717) is 0 Å². The Morgan fingerprint density at radius 3 is 2.71 bits per heavy atom. The van der Waals surface area contributed by atoms with Crippen molar-refractivity contribution in [3.05, 3.63) is 60.2 Å². The van der Waals surface area contributed by atoms with Crippen molar-refractivity contribution in [2.75, 3.05) is 7.11 Å². The molecule has 1 aromatic heterocycles. The number of benzene rings is 2. The zero-order chi connectivity index (χ0) is 13.5. The molecule has 0 saturated carbocycles. The first kappa shape index (κ1) is 14.1. The third-order valence-corrected chi connectivity index (χ3v) is 4.14. The monoisotopic (exact) mass is 341 g/mol. The number of halogens is 1. The molecule has 0 fully saturated rings. The van der Waals surface area contributed by atoms with Crippen molar-refractivity contribution < 1.29 is 26.3 Å². The predicted octanol–water partition coefficient (Wildman–Crippen LogP) is 0.363. The van der Waals surface area contributed by atoms with E-state index in [1.54, 1.807) is 7.11 Å². The normalized spacial score (nSPS) is 12.2. The van der Waals surface area contributed by atoms with Gasteiger partial charge in [-0.1, -0.05) is 18.2 Å². The Morgan fingerprint density at radius 2 is 1.86 bits per heavy atom. The van der Waals surface area contributed by atoms with Crippen LogP contribution >= 0.6 is 0 Å². The van der Waals surface area contributed by atoms with Crippen LogP contribution in [0.2, 0.25) is 0 Å². The summed E-state index contributed by atoms with van der Waals surface area (Å²) in [7, 11) is 1.71. The van der Waals surface area contributed by atoms with Crippen molar-refractivity contribution in [2.24, 2.45) is 0 Å². The molecule has 2 heterocycles. The number of rotatable bonds is 1. The molecule has 106 valence electrons. The first-order valence-electron chi connectivity index (χ1n) is 6.96. The number of nitrogens with zero attached hydrogens (tertiary/aromatic N) is 1. The number of hydrogen-bond acceptors (Lipinski definition) is 1. The van der Waals surface area contributed by atoms with Gasteiger partial charge in [-0.3, -0.25) is 0 Å². The highest BCUT2D eigenvalue weighted by atomic mass is 79.9. The third kappa shape index (κ3) is 2.22. The maximum absolute atomic E-state index is 5.31. The Labute approximate surface area is 134 Å². The van der Waals surface area contributed by atoms with Gasteiger partial charge in [0.15, 0.2) is 6.54 Å². The quantitative estimate of drug-likeness (QED) is 0.583. The maximum atomic E-state index is 5.31. The molecule has 4 rings (SSSR count). The van der Waals surface area contributed by atoms with Crippen LogP contribution in [-0.4, -0.2) is 7.11 Å². The summed E-state index contributed by atoms with van der Waals surface area (Å²) in [5.41, 5.74) is 5.39. The number of methoxy groups -OCH3 is 1. The van der Waals surface area contributed by atoms with Gasteiger partial charge in [0.25, 0.3) is 0 Å². The molecule has 2 aromatic carbocycles. The zero-order valence-corrected chi connectivity index (χ0v) is 13.4. The van der Waals surface area contributed by atoms with E-state index in [1.165, 1.54) is 27.7 Å². The van der Waals surface area contributed by atoms with Gasteiger partial charge in [0, 0.05) is 24.1 Å². The summed E-state index contributed by atoms with van der Waals surface area (Å²) in [6.45, 7) is 1.04. The highest BCUT2D eigenvalue weighted by molar-refractivity contribution is 5.79. The first-order chi connectivity index (χ1) is 9.86. The van der Waals surface area contributed by atoms with Gasteiger partial charge in [-0.25, -0.2) is 0 Å². The SMILES string of the molecule is COc1ccc2c(ccc3[n+]2CCc2ccccc2-3)c1.[Br-]. The Hall–Kier alpha value is -1.87. The van der Waals surface area contributed by atoms with Gasteiger partial charge in [0.2, 0.25) is 11.2 Å². The Balaban J connectivity index is 0.00000132. The Kier molecular flexibility index (Phi) is 3.68. The predicted molar refractivity (Wildman–Crippen MR) is 79.8 cm³/mol. The van der Waals surface area contributed by atoms with E-state index in [1.807, 2.05) is 6.07 Å². The molecule has 0 N–H and O–H groups in total. The van der Waals surface area contributed by atoms with Crippen LogP contribution in [0.1, 0.15) is 5.56 Å². The number of ether oxygens (including phenoxy) is 1. The molecule has 0 aliphatic carbocycles. The van der Waals surface area contributed by atoms with E-state index >= 15 is 0 Å². The molecule has 2 nitrogen and oxygen atoms in total. The molecular weight excluding hydrogens is 326 g/mol. The van der Waals surface area contributed by atoms with Crippen LogP contribution in [0.25, 0.3) is 22.2 Å². The van der Waals surface area contributed by atoms with Crippen molar-refractivity contribution >= 4 is 10.9 Å². The van der Waals surface area contributed by atoms with Gasteiger partial charge in [0.1, 0.15) is 5.75 Å². The van der Waals surface area contributed by atoms with Crippen LogP contribution in [0.5, 0.6) is 5.75 Å². The minimum Gasteiger partial charge on any atom is -1.00 e. The lowest BCUT2D eigenvalue weighted by Crippen LogP contribution is -3.00. The highest BCUT2D eigenvalue weighted by Gasteiger charge is 2.24. The number of pyridine rings is 1. The minimum atomic E-state index is 0. The fourth-order valence-corrected chi connectivity index (χ4v) is 3.12. The van der Waals surface area contributed by atoms with Crippen LogP contribution in [-0.2, 0) is 13.0 Å². The molecule has 1 aliphatic heterocycles. The molecule has 0 atom stereocenters. The summed E-state index contributed by atoms with van der Waals surface area (Å²) >= 11 is 0. The van der Waals surface area contributed by atoms with Gasteiger partial charge in [-0.05, 0) is 29.8 Å². The van der Waals surface area contributed by atoms with E-state index in [4.69, 9.17) is 4.74 Å². The molecule has 3 aromatic rings. The fraction of sp³-hybridized carbons (Fsp3) is 0.167. The second kappa shape index (κ2) is 5.49. The van der Waals surface area contributed by atoms with E-state index in [2.05, 4.69) is 53.1 Å². The molecule has 0 radical (unpaired) electrons. The number of hydrogen-bond donors (Lipinski definition) is 0. The Morgan fingerprint density at radius 1 is 1.00 bits per heavy atom. The molecule has 0 bridgehead atoms. The standard InChI is InChI=1S/C18H16NO.BrH/c1-20-15-7-9-17-14(12-15)6-8-18-16-5-3-2-4-13(16)10-11-19(17)18;/h2-9,12H,10-11H2,1H3;1H/q+1;/p-1. The van der Waals surface area contributed by atoms with Crippen molar-refractivity contribution in [1.29, 1.82) is 0 Å². The Bertz CT molecular complexity index is 813. The number of aryl methyl sites for hydroxylation is 2. The summed E-state index contributed by atoms with van der Waals surface area (Å²) in [5, 5.41) is 1.23. The van der Waals surface area contributed by atoms with Crippen molar-refractivity contribution in [3.8, 4) is 17.0 Å². The lowest BCUT2D eigenvalue weighted by molar-refractivity contribution is -0.661. The number of fused-ring (bicyclic) bond motifs is 5. The molecule has 0 amide bonds. The molecule has 21 heavy (non-hydrogen) atoms. The van der Waals surface area contributed by atoms with Crippen molar-refractivity contribution in [3.63, 3.8) is 0 Å². The van der Waals surface area contributed by atoms with Gasteiger partial charge >= 0.3 is 0 Å². The van der Waals surface area contributed by atoms with E-state index in [0.717, 1.165) is 18.7 Å². The molecule has 0 spiro atoms.